The largest absolute Gasteiger partial charge is 0.378 e. The molecule has 4 rings (SSSR count). The van der Waals surface area contributed by atoms with Gasteiger partial charge in [-0.3, -0.25) is 9.59 Å². The molecule has 31 heavy (non-hydrogen) atoms. The van der Waals surface area contributed by atoms with Gasteiger partial charge in [0.2, 0.25) is 0 Å². The molecule has 0 atom stereocenters. The van der Waals surface area contributed by atoms with Crippen LogP contribution in [0.25, 0.3) is 5.69 Å². The van der Waals surface area contributed by atoms with E-state index in [1.54, 1.807) is 47.4 Å². The zero-order valence-corrected chi connectivity index (χ0v) is 17.5. The number of nitrogens with zero attached hydrogens (tertiary/aromatic N) is 2. The Morgan fingerprint density at radius 2 is 1.71 bits per heavy atom. The van der Waals surface area contributed by atoms with Crippen molar-refractivity contribution >= 4 is 17.5 Å². The Hall–Kier alpha value is -3.45. The Morgan fingerprint density at radius 1 is 1.00 bits per heavy atom. The smallest absolute Gasteiger partial charge is 0.257 e. The lowest BCUT2D eigenvalue weighted by atomic mass is 10.1. The average Bonchev–Trinajstić information content (AvgIpc) is 3.09. The van der Waals surface area contributed by atoms with Gasteiger partial charge >= 0.3 is 0 Å². The number of ether oxygens (including phenoxy) is 1. The number of morpholine rings is 1. The first-order valence-electron chi connectivity index (χ1n) is 10.2. The Labute approximate surface area is 180 Å². The molecule has 7 heteroatoms. The van der Waals surface area contributed by atoms with Crippen molar-refractivity contribution in [2.24, 2.45) is 0 Å². The van der Waals surface area contributed by atoms with Crippen LogP contribution >= 0.6 is 0 Å². The van der Waals surface area contributed by atoms with Gasteiger partial charge < -0.3 is 19.5 Å². The number of rotatable bonds is 4. The lowest BCUT2D eigenvalue weighted by Crippen LogP contribution is -2.40. The van der Waals surface area contributed by atoms with Crippen LogP contribution in [0.5, 0.6) is 0 Å². The standard InChI is InChI=1S/C24H24FN3O3/c1-16-14-22(17(2)28(16)21-8-6-19(25)7-9-21)23(29)26-20-5-3-4-18(15-20)24(30)27-10-12-31-13-11-27/h3-9,14-15H,10-13H2,1-2H3,(H,26,29). The van der Waals surface area contributed by atoms with Crippen LogP contribution in [0.3, 0.4) is 0 Å². The van der Waals surface area contributed by atoms with E-state index in [4.69, 9.17) is 4.74 Å². The van der Waals surface area contributed by atoms with Crippen molar-refractivity contribution in [3.05, 3.63) is 82.9 Å². The van der Waals surface area contributed by atoms with Gasteiger partial charge in [-0.2, -0.15) is 0 Å². The van der Waals surface area contributed by atoms with Gasteiger partial charge in [0.1, 0.15) is 5.82 Å². The summed E-state index contributed by atoms with van der Waals surface area (Å²) >= 11 is 0. The van der Waals surface area contributed by atoms with Crippen LogP contribution in [0.1, 0.15) is 32.1 Å². The van der Waals surface area contributed by atoms with Crippen LogP contribution in [0.4, 0.5) is 10.1 Å². The predicted octanol–water partition coefficient (Wildman–Crippen LogP) is 3.96. The first-order chi connectivity index (χ1) is 14.9. The maximum absolute atomic E-state index is 13.3. The summed E-state index contributed by atoms with van der Waals surface area (Å²) in [6.07, 6.45) is 0. The van der Waals surface area contributed by atoms with E-state index in [1.165, 1.54) is 12.1 Å². The molecule has 0 aliphatic carbocycles. The first kappa shape index (κ1) is 20.8. The highest BCUT2D eigenvalue weighted by Crippen LogP contribution is 2.23. The van der Waals surface area contributed by atoms with Crippen molar-refractivity contribution in [1.82, 2.24) is 9.47 Å². The zero-order chi connectivity index (χ0) is 22.0. The van der Waals surface area contributed by atoms with Gasteiger partial charge in [0.05, 0.1) is 18.8 Å². The summed E-state index contributed by atoms with van der Waals surface area (Å²) < 4.78 is 20.5. The lowest BCUT2D eigenvalue weighted by molar-refractivity contribution is 0.0303. The molecule has 0 unspecified atom stereocenters. The van der Waals surface area contributed by atoms with E-state index in [2.05, 4.69) is 5.32 Å². The van der Waals surface area contributed by atoms with Gasteiger partial charge in [-0.25, -0.2) is 4.39 Å². The molecule has 0 radical (unpaired) electrons. The van der Waals surface area contributed by atoms with Crippen LogP contribution in [-0.2, 0) is 4.74 Å². The number of hydrogen-bond acceptors (Lipinski definition) is 3. The zero-order valence-electron chi connectivity index (χ0n) is 17.5. The monoisotopic (exact) mass is 421 g/mol. The summed E-state index contributed by atoms with van der Waals surface area (Å²) in [6.45, 7) is 5.94. The molecule has 0 spiro atoms. The molecule has 6 nitrogen and oxygen atoms in total. The number of aryl methyl sites for hydroxylation is 1. The molecule has 1 aromatic heterocycles. The number of amides is 2. The first-order valence-corrected chi connectivity index (χ1v) is 10.2. The Kier molecular flexibility index (Phi) is 5.86. The molecule has 1 N–H and O–H groups in total. The van der Waals surface area contributed by atoms with Gasteiger partial charge in [-0.15, -0.1) is 0 Å². The number of halogens is 1. The van der Waals surface area contributed by atoms with Crippen molar-refractivity contribution in [3.8, 4) is 5.69 Å². The minimum absolute atomic E-state index is 0.0751. The van der Waals surface area contributed by atoms with Crippen molar-refractivity contribution in [2.75, 3.05) is 31.6 Å². The van der Waals surface area contributed by atoms with Crippen LogP contribution in [0, 0.1) is 19.7 Å². The molecule has 1 fully saturated rings. The second-order valence-electron chi connectivity index (χ2n) is 7.54. The van der Waals surface area contributed by atoms with E-state index in [1.807, 2.05) is 18.4 Å². The van der Waals surface area contributed by atoms with E-state index < -0.39 is 0 Å². The van der Waals surface area contributed by atoms with Crippen LogP contribution in [-0.4, -0.2) is 47.6 Å². The highest BCUT2D eigenvalue weighted by atomic mass is 19.1. The number of anilines is 1. The molecule has 1 aliphatic rings. The van der Waals surface area contributed by atoms with Gasteiger partial charge in [-0.1, -0.05) is 6.07 Å². The number of carbonyl (C=O) groups excluding carboxylic acids is 2. The van der Waals surface area contributed by atoms with E-state index in [9.17, 15) is 14.0 Å². The molecule has 2 heterocycles. The minimum Gasteiger partial charge on any atom is -0.378 e. The predicted molar refractivity (Wildman–Crippen MR) is 116 cm³/mol. The molecule has 1 saturated heterocycles. The molecule has 0 bridgehead atoms. The lowest BCUT2D eigenvalue weighted by Gasteiger charge is -2.27. The molecular formula is C24H24FN3O3. The minimum atomic E-state index is -0.310. The van der Waals surface area contributed by atoms with E-state index >= 15 is 0 Å². The molecular weight excluding hydrogens is 397 g/mol. The van der Waals surface area contributed by atoms with Crippen molar-refractivity contribution < 1.29 is 18.7 Å². The topological polar surface area (TPSA) is 63.6 Å². The molecule has 160 valence electrons. The molecule has 0 saturated carbocycles. The molecule has 3 aromatic rings. The van der Waals surface area contributed by atoms with Crippen molar-refractivity contribution in [3.63, 3.8) is 0 Å². The highest BCUT2D eigenvalue weighted by molar-refractivity contribution is 6.06. The summed E-state index contributed by atoms with van der Waals surface area (Å²) in [5.74, 6) is -0.651. The Balaban J connectivity index is 1.54. The van der Waals surface area contributed by atoms with Gasteiger partial charge in [0.25, 0.3) is 11.8 Å². The number of nitrogens with one attached hydrogen (secondary N) is 1. The van der Waals surface area contributed by atoms with E-state index in [-0.39, 0.29) is 17.6 Å². The second kappa shape index (κ2) is 8.73. The summed E-state index contributed by atoms with van der Waals surface area (Å²) in [6, 6.07) is 14.9. The summed E-state index contributed by atoms with van der Waals surface area (Å²) in [4.78, 5) is 27.4. The van der Waals surface area contributed by atoms with Crippen molar-refractivity contribution in [2.45, 2.75) is 13.8 Å². The quantitative estimate of drug-likeness (QED) is 0.694. The number of carbonyl (C=O) groups is 2. The van der Waals surface area contributed by atoms with Gasteiger partial charge in [-0.05, 0) is 62.4 Å². The number of hydrogen-bond donors (Lipinski definition) is 1. The summed E-state index contributed by atoms with van der Waals surface area (Å²) in [7, 11) is 0. The molecule has 1 aliphatic heterocycles. The average molecular weight is 421 g/mol. The fourth-order valence-electron chi connectivity index (χ4n) is 3.86. The molecule has 2 amide bonds. The van der Waals surface area contributed by atoms with Crippen molar-refractivity contribution in [1.29, 1.82) is 0 Å². The van der Waals surface area contributed by atoms with Crippen LogP contribution in [0.15, 0.2) is 54.6 Å². The van der Waals surface area contributed by atoms with E-state index in [0.29, 0.717) is 43.1 Å². The third-order valence-electron chi connectivity index (χ3n) is 5.43. The molecule has 2 aromatic carbocycles. The Morgan fingerprint density at radius 3 is 2.42 bits per heavy atom. The summed E-state index contributed by atoms with van der Waals surface area (Å²) in [5, 5.41) is 2.89. The summed E-state index contributed by atoms with van der Waals surface area (Å²) in [5.41, 5.74) is 4.00. The maximum atomic E-state index is 13.3. The Bertz CT molecular complexity index is 1120. The second-order valence-corrected chi connectivity index (χ2v) is 7.54. The highest BCUT2D eigenvalue weighted by Gasteiger charge is 2.20. The fourth-order valence-corrected chi connectivity index (χ4v) is 3.86. The third kappa shape index (κ3) is 4.36. The normalized spacial score (nSPS) is 13.8. The van der Waals surface area contributed by atoms with Crippen LogP contribution < -0.4 is 5.32 Å². The maximum Gasteiger partial charge on any atom is 0.257 e. The number of aromatic nitrogens is 1. The SMILES string of the molecule is Cc1cc(C(=O)Nc2cccc(C(=O)N3CCOCC3)c2)c(C)n1-c1ccc(F)cc1. The van der Waals surface area contributed by atoms with E-state index in [0.717, 1.165) is 17.1 Å². The van der Waals surface area contributed by atoms with Crippen LogP contribution in [0.2, 0.25) is 0 Å². The van der Waals surface area contributed by atoms with Gasteiger partial charge in [0, 0.05) is 41.4 Å². The fraction of sp³-hybridized carbons (Fsp3) is 0.250. The third-order valence-corrected chi connectivity index (χ3v) is 5.43. The van der Waals surface area contributed by atoms with Gasteiger partial charge in [0.15, 0.2) is 0 Å². The number of benzene rings is 2.